The lowest BCUT2D eigenvalue weighted by Gasteiger charge is -2.03. The molecule has 74 valence electrons. The molecule has 1 atom stereocenters. The van der Waals surface area contributed by atoms with Crippen molar-refractivity contribution in [3.8, 4) is 0 Å². The topological polar surface area (TPSA) is 0 Å². The van der Waals surface area contributed by atoms with Crippen LogP contribution in [0.15, 0.2) is 24.3 Å². The smallest absolute Gasteiger partial charge is 0.126 e. The van der Waals surface area contributed by atoms with Gasteiger partial charge in [-0.25, -0.2) is 4.39 Å². The third-order valence-corrected chi connectivity index (χ3v) is 2.94. The minimum Gasteiger partial charge on any atom is -0.207 e. The van der Waals surface area contributed by atoms with Crippen molar-refractivity contribution in [3.05, 3.63) is 41.2 Å². The van der Waals surface area contributed by atoms with Crippen molar-refractivity contribution in [3.63, 3.8) is 0 Å². The SMILES string of the molecule is Cc1cc(C2=CC(Cl)CC2)ccc1F. The summed E-state index contributed by atoms with van der Waals surface area (Å²) in [6.07, 6.45) is 4.06. The van der Waals surface area contributed by atoms with E-state index in [9.17, 15) is 4.39 Å². The van der Waals surface area contributed by atoms with Crippen molar-refractivity contribution in [2.75, 3.05) is 0 Å². The number of aryl methyl sites for hydroxylation is 1. The van der Waals surface area contributed by atoms with E-state index in [0.29, 0.717) is 5.56 Å². The van der Waals surface area contributed by atoms with Gasteiger partial charge in [0.25, 0.3) is 0 Å². The summed E-state index contributed by atoms with van der Waals surface area (Å²) in [5.74, 6) is -0.144. The highest BCUT2D eigenvalue weighted by Crippen LogP contribution is 2.31. The number of halogens is 2. The van der Waals surface area contributed by atoms with Crippen LogP contribution in [0.25, 0.3) is 5.57 Å². The molecule has 0 amide bonds. The van der Waals surface area contributed by atoms with E-state index in [1.165, 1.54) is 11.6 Å². The molecule has 0 aliphatic heterocycles. The Morgan fingerprint density at radius 3 is 2.79 bits per heavy atom. The predicted octanol–water partition coefficient (Wildman–Crippen LogP) is 3.92. The molecule has 0 saturated carbocycles. The molecule has 2 heteroatoms. The lowest BCUT2D eigenvalue weighted by atomic mass is 10.0. The number of rotatable bonds is 1. The molecular formula is C12H12ClF. The Kier molecular flexibility index (Phi) is 2.60. The second-order valence-electron chi connectivity index (χ2n) is 3.71. The van der Waals surface area contributed by atoms with Gasteiger partial charge in [0.15, 0.2) is 0 Å². The summed E-state index contributed by atoms with van der Waals surface area (Å²) >= 11 is 5.98. The summed E-state index contributed by atoms with van der Waals surface area (Å²) in [6, 6.07) is 5.23. The molecule has 1 aromatic rings. The summed E-state index contributed by atoms with van der Waals surface area (Å²) in [4.78, 5) is 0. The zero-order valence-corrected chi connectivity index (χ0v) is 8.81. The molecule has 0 heterocycles. The van der Waals surface area contributed by atoms with E-state index in [1.807, 2.05) is 12.1 Å². The van der Waals surface area contributed by atoms with E-state index < -0.39 is 0 Å². The zero-order valence-electron chi connectivity index (χ0n) is 8.06. The quantitative estimate of drug-likeness (QED) is 0.617. The Hall–Kier alpha value is -0.820. The fourth-order valence-corrected chi connectivity index (χ4v) is 2.02. The zero-order chi connectivity index (χ0) is 10.1. The van der Waals surface area contributed by atoms with Crippen molar-refractivity contribution in [2.45, 2.75) is 25.1 Å². The average Bonchev–Trinajstić information content (AvgIpc) is 2.57. The van der Waals surface area contributed by atoms with Crippen LogP contribution in [0.5, 0.6) is 0 Å². The summed E-state index contributed by atoms with van der Waals surface area (Å²) in [5.41, 5.74) is 3.04. The van der Waals surface area contributed by atoms with Crippen molar-refractivity contribution in [1.29, 1.82) is 0 Å². The van der Waals surface area contributed by atoms with Crippen LogP contribution in [-0.4, -0.2) is 5.38 Å². The lowest BCUT2D eigenvalue weighted by Crippen LogP contribution is -1.86. The average molecular weight is 211 g/mol. The van der Waals surface area contributed by atoms with Gasteiger partial charge in [-0.05, 0) is 48.6 Å². The molecule has 1 aliphatic rings. The van der Waals surface area contributed by atoms with Gasteiger partial charge in [-0.3, -0.25) is 0 Å². The number of alkyl halides is 1. The molecule has 0 aromatic heterocycles. The second kappa shape index (κ2) is 3.74. The molecule has 0 bridgehead atoms. The van der Waals surface area contributed by atoms with Crippen LogP contribution in [-0.2, 0) is 0 Å². The molecule has 14 heavy (non-hydrogen) atoms. The Labute approximate surface area is 88.4 Å². The molecule has 0 radical (unpaired) electrons. The summed E-state index contributed by atoms with van der Waals surface area (Å²) in [7, 11) is 0. The highest BCUT2D eigenvalue weighted by Gasteiger charge is 2.14. The van der Waals surface area contributed by atoms with Gasteiger partial charge in [0.2, 0.25) is 0 Å². The van der Waals surface area contributed by atoms with Gasteiger partial charge in [-0.2, -0.15) is 0 Å². The highest BCUT2D eigenvalue weighted by atomic mass is 35.5. The maximum absolute atomic E-state index is 13.0. The normalized spacial score (nSPS) is 21.1. The number of benzene rings is 1. The Balaban J connectivity index is 2.34. The minimum absolute atomic E-state index is 0.144. The molecule has 0 saturated heterocycles. The summed E-state index contributed by atoms with van der Waals surface area (Å²) < 4.78 is 13.0. The van der Waals surface area contributed by atoms with E-state index in [2.05, 4.69) is 6.08 Å². The van der Waals surface area contributed by atoms with Crippen molar-refractivity contribution in [2.24, 2.45) is 0 Å². The first kappa shape index (κ1) is 9.72. The predicted molar refractivity (Wildman–Crippen MR) is 58.0 cm³/mol. The van der Waals surface area contributed by atoms with Crippen molar-refractivity contribution in [1.82, 2.24) is 0 Å². The monoisotopic (exact) mass is 210 g/mol. The van der Waals surface area contributed by atoms with E-state index in [-0.39, 0.29) is 11.2 Å². The Morgan fingerprint density at radius 2 is 2.21 bits per heavy atom. The fourth-order valence-electron chi connectivity index (χ4n) is 1.76. The highest BCUT2D eigenvalue weighted by molar-refractivity contribution is 6.22. The maximum Gasteiger partial charge on any atom is 0.126 e. The number of hydrogen-bond donors (Lipinski definition) is 0. The minimum atomic E-state index is -0.144. The lowest BCUT2D eigenvalue weighted by molar-refractivity contribution is 0.618. The maximum atomic E-state index is 13.0. The fraction of sp³-hybridized carbons (Fsp3) is 0.333. The third-order valence-electron chi connectivity index (χ3n) is 2.60. The van der Waals surface area contributed by atoms with Gasteiger partial charge < -0.3 is 0 Å². The van der Waals surface area contributed by atoms with Gasteiger partial charge in [0.05, 0.1) is 5.38 Å². The van der Waals surface area contributed by atoms with Crippen molar-refractivity contribution >= 4 is 17.2 Å². The molecule has 0 N–H and O–H groups in total. The van der Waals surface area contributed by atoms with Crippen molar-refractivity contribution < 1.29 is 4.39 Å². The third kappa shape index (κ3) is 1.83. The number of allylic oxidation sites excluding steroid dienone is 2. The van der Waals surface area contributed by atoms with Gasteiger partial charge >= 0.3 is 0 Å². The van der Waals surface area contributed by atoms with Gasteiger partial charge in [-0.1, -0.05) is 12.1 Å². The van der Waals surface area contributed by atoms with E-state index in [4.69, 9.17) is 11.6 Å². The molecule has 1 unspecified atom stereocenters. The van der Waals surface area contributed by atoms with E-state index >= 15 is 0 Å². The largest absolute Gasteiger partial charge is 0.207 e. The molecule has 0 nitrogen and oxygen atoms in total. The van der Waals surface area contributed by atoms with Crippen LogP contribution in [0.2, 0.25) is 0 Å². The van der Waals surface area contributed by atoms with Gasteiger partial charge in [0.1, 0.15) is 5.82 Å². The first-order valence-corrected chi connectivity index (χ1v) is 5.22. The van der Waals surface area contributed by atoms with Gasteiger partial charge in [-0.15, -0.1) is 11.6 Å². The molecular weight excluding hydrogens is 199 g/mol. The van der Waals surface area contributed by atoms with Gasteiger partial charge in [0, 0.05) is 0 Å². The molecule has 2 rings (SSSR count). The first-order valence-electron chi connectivity index (χ1n) is 4.78. The molecule has 1 aliphatic carbocycles. The summed E-state index contributed by atoms with van der Waals surface area (Å²) in [6.45, 7) is 1.78. The molecule has 0 fully saturated rings. The van der Waals surface area contributed by atoms with Crippen LogP contribution in [0.4, 0.5) is 4.39 Å². The van der Waals surface area contributed by atoms with Crippen LogP contribution < -0.4 is 0 Å². The van der Waals surface area contributed by atoms with Crippen LogP contribution >= 0.6 is 11.6 Å². The Morgan fingerprint density at radius 1 is 1.43 bits per heavy atom. The van der Waals surface area contributed by atoms with E-state index in [0.717, 1.165) is 18.4 Å². The van der Waals surface area contributed by atoms with E-state index in [1.54, 1.807) is 6.92 Å². The standard InChI is InChI=1S/C12H12ClF/c1-8-6-9(3-5-12(8)14)10-2-4-11(13)7-10/h3,5-7,11H,2,4H2,1H3. The second-order valence-corrected chi connectivity index (χ2v) is 4.27. The Bertz CT molecular complexity index is 382. The van der Waals surface area contributed by atoms with Crippen LogP contribution in [0.3, 0.4) is 0 Å². The first-order chi connectivity index (χ1) is 6.66. The molecule has 1 aromatic carbocycles. The summed E-state index contributed by atoms with van der Waals surface area (Å²) in [5, 5.41) is 0.148. The van der Waals surface area contributed by atoms with Crippen LogP contribution in [0.1, 0.15) is 24.0 Å². The van der Waals surface area contributed by atoms with Crippen LogP contribution in [0, 0.1) is 12.7 Å². The molecule has 0 spiro atoms. The number of hydrogen-bond acceptors (Lipinski definition) is 0.